The molecule has 0 saturated carbocycles. The lowest BCUT2D eigenvalue weighted by atomic mass is 10.3. The normalized spacial score (nSPS) is 8.42. The summed E-state index contributed by atoms with van der Waals surface area (Å²) in [6.07, 6.45) is 2.57. The van der Waals surface area contributed by atoms with Crippen molar-refractivity contribution in [2.45, 2.75) is 6.42 Å². The van der Waals surface area contributed by atoms with Gasteiger partial charge in [-0.15, -0.1) is 0 Å². The Morgan fingerprint density at radius 3 is 3.17 bits per heavy atom. The van der Waals surface area contributed by atoms with Gasteiger partial charge in [0, 0.05) is 6.20 Å². The first-order chi connectivity index (χ1) is 5.84. The first-order valence-electron chi connectivity index (χ1n) is 3.37. The van der Waals surface area contributed by atoms with E-state index in [1.54, 1.807) is 18.3 Å². The Kier molecular flexibility index (Phi) is 3.31. The highest BCUT2D eigenvalue weighted by Crippen LogP contribution is 2.08. The van der Waals surface area contributed by atoms with Crippen LogP contribution < -0.4 is 0 Å². The second-order valence-corrected chi connectivity index (χ2v) is 2.37. The number of carbonyl (C=O) groups is 1. The standard InChI is InChI=1S/C9H6ClNO/c10-9-8(4-1-2-7-12)5-3-6-11-9/h3,5-7H,2H2. The van der Waals surface area contributed by atoms with E-state index in [-0.39, 0.29) is 6.42 Å². The summed E-state index contributed by atoms with van der Waals surface area (Å²) in [7, 11) is 0. The molecule has 12 heavy (non-hydrogen) atoms. The molecule has 1 heterocycles. The zero-order valence-corrected chi connectivity index (χ0v) is 7.01. The lowest BCUT2D eigenvalue weighted by molar-refractivity contribution is -0.107. The predicted octanol–water partition coefficient (Wildman–Crippen LogP) is 1.68. The van der Waals surface area contributed by atoms with Gasteiger partial charge in [0.1, 0.15) is 11.4 Å². The van der Waals surface area contributed by atoms with Gasteiger partial charge >= 0.3 is 0 Å². The number of aromatic nitrogens is 1. The van der Waals surface area contributed by atoms with E-state index < -0.39 is 0 Å². The summed E-state index contributed by atoms with van der Waals surface area (Å²) >= 11 is 5.70. The Bertz CT molecular complexity index is 338. The van der Waals surface area contributed by atoms with Gasteiger partial charge in [-0.25, -0.2) is 4.98 Å². The fourth-order valence-electron chi connectivity index (χ4n) is 0.667. The average molecular weight is 180 g/mol. The molecule has 1 rings (SSSR count). The van der Waals surface area contributed by atoms with Crippen LogP contribution in [0.4, 0.5) is 0 Å². The van der Waals surface area contributed by atoms with Gasteiger partial charge in [-0.2, -0.15) is 0 Å². The van der Waals surface area contributed by atoms with Crippen LogP contribution in [-0.4, -0.2) is 11.3 Å². The summed E-state index contributed by atoms with van der Waals surface area (Å²) in [5.74, 6) is 5.39. The number of rotatable bonds is 1. The maximum Gasteiger partial charge on any atom is 0.144 e. The summed E-state index contributed by atoms with van der Waals surface area (Å²) in [5, 5.41) is 0.371. The van der Waals surface area contributed by atoms with Crippen LogP contribution >= 0.6 is 11.6 Å². The van der Waals surface area contributed by atoms with Crippen molar-refractivity contribution in [2.24, 2.45) is 0 Å². The van der Waals surface area contributed by atoms with Gasteiger partial charge in [-0.1, -0.05) is 23.4 Å². The molecule has 0 radical (unpaired) electrons. The summed E-state index contributed by atoms with van der Waals surface area (Å²) in [6, 6.07) is 3.50. The van der Waals surface area contributed by atoms with Crippen molar-refractivity contribution >= 4 is 17.9 Å². The van der Waals surface area contributed by atoms with Crippen LogP contribution in [0, 0.1) is 11.8 Å². The Hall–Kier alpha value is -1.33. The molecule has 0 aliphatic heterocycles. The lowest BCUT2D eigenvalue weighted by Gasteiger charge is -1.90. The van der Waals surface area contributed by atoms with Crippen LogP contribution in [0.1, 0.15) is 12.0 Å². The van der Waals surface area contributed by atoms with Gasteiger partial charge in [0.05, 0.1) is 12.0 Å². The van der Waals surface area contributed by atoms with Crippen LogP contribution in [0.15, 0.2) is 18.3 Å². The molecule has 0 aliphatic carbocycles. The van der Waals surface area contributed by atoms with E-state index in [1.807, 2.05) is 0 Å². The predicted molar refractivity (Wildman–Crippen MR) is 46.8 cm³/mol. The van der Waals surface area contributed by atoms with E-state index >= 15 is 0 Å². The number of pyridine rings is 1. The second kappa shape index (κ2) is 4.53. The number of hydrogen-bond donors (Lipinski definition) is 0. The van der Waals surface area contributed by atoms with E-state index in [0.717, 1.165) is 6.29 Å². The number of halogens is 1. The number of nitrogens with zero attached hydrogens (tertiary/aromatic N) is 1. The molecule has 0 aliphatic rings. The van der Waals surface area contributed by atoms with Crippen molar-refractivity contribution in [3.63, 3.8) is 0 Å². The van der Waals surface area contributed by atoms with Gasteiger partial charge in [0.25, 0.3) is 0 Å². The van der Waals surface area contributed by atoms with Crippen molar-refractivity contribution in [3.05, 3.63) is 29.0 Å². The molecule has 2 nitrogen and oxygen atoms in total. The van der Waals surface area contributed by atoms with E-state index in [0.29, 0.717) is 10.7 Å². The SMILES string of the molecule is O=CCC#Cc1cccnc1Cl. The van der Waals surface area contributed by atoms with Crippen molar-refractivity contribution in [2.75, 3.05) is 0 Å². The Morgan fingerprint density at radius 1 is 1.67 bits per heavy atom. The molecule has 0 amide bonds. The van der Waals surface area contributed by atoms with E-state index in [1.165, 1.54) is 0 Å². The molecule has 0 spiro atoms. The lowest BCUT2D eigenvalue weighted by Crippen LogP contribution is -1.79. The molecule has 0 N–H and O–H groups in total. The minimum atomic E-state index is 0.227. The van der Waals surface area contributed by atoms with Gasteiger partial charge < -0.3 is 4.79 Å². The van der Waals surface area contributed by atoms with Crippen LogP contribution in [0.3, 0.4) is 0 Å². The Labute approximate surface area is 75.6 Å². The molecular formula is C9H6ClNO. The fraction of sp³-hybridized carbons (Fsp3) is 0.111. The first kappa shape index (κ1) is 8.76. The fourth-order valence-corrected chi connectivity index (χ4v) is 0.834. The third-order valence-corrected chi connectivity index (χ3v) is 1.47. The highest BCUT2D eigenvalue weighted by molar-refractivity contribution is 6.30. The third kappa shape index (κ3) is 2.37. The minimum absolute atomic E-state index is 0.227. The van der Waals surface area contributed by atoms with Crippen LogP contribution in [-0.2, 0) is 4.79 Å². The molecule has 0 unspecified atom stereocenters. The van der Waals surface area contributed by atoms with Crippen LogP contribution in [0.25, 0.3) is 0 Å². The molecule has 3 heteroatoms. The monoisotopic (exact) mass is 179 g/mol. The molecule has 0 atom stereocenters. The first-order valence-corrected chi connectivity index (χ1v) is 3.75. The molecule has 0 aromatic carbocycles. The number of aldehydes is 1. The number of hydrogen-bond acceptors (Lipinski definition) is 2. The highest BCUT2D eigenvalue weighted by atomic mass is 35.5. The van der Waals surface area contributed by atoms with Gasteiger partial charge in [0.2, 0.25) is 0 Å². The van der Waals surface area contributed by atoms with Crippen LogP contribution in [0.5, 0.6) is 0 Å². The smallest absolute Gasteiger partial charge is 0.144 e. The summed E-state index contributed by atoms with van der Waals surface area (Å²) in [4.78, 5) is 13.8. The van der Waals surface area contributed by atoms with Crippen LogP contribution in [0.2, 0.25) is 5.15 Å². The average Bonchev–Trinajstić information content (AvgIpc) is 2.09. The zero-order valence-electron chi connectivity index (χ0n) is 6.25. The topological polar surface area (TPSA) is 30.0 Å². The van der Waals surface area contributed by atoms with E-state index in [2.05, 4.69) is 16.8 Å². The Balaban J connectivity index is 2.84. The van der Waals surface area contributed by atoms with Crippen molar-refractivity contribution in [1.29, 1.82) is 0 Å². The van der Waals surface area contributed by atoms with E-state index in [4.69, 9.17) is 11.6 Å². The summed E-state index contributed by atoms with van der Waals surface area (Å²) in [6.45, 7) is 0. The molecular weight excluding hydrogens is 174 g/mol. The Morgan fingerprint density at radius 2 is 2.50 bits per heavy atom. The van der Waals surface area contributed by atoms with Gasteiger partial charge in [-0.3, -0.25) is 0 Å². The van der Waals surface area contributed by atoms with E-state index in [9.17, 15) is 4.79 Å². The third-order valence-electron chi connectivity index (χ3n) is 1.17. The molecule has 60 valence electrons. The zero-order chi connectivity index (χ0) is 8.81. The van der Waals surface area contributed by atoms with Gasteiger partial charge in [-0.05, 0) is 12.1 Å². The van der Waals surface area contributed by atoms with Crippen molar-refractivity contribution in [3.8, 4) is 11.8 Å². The number of carbonyl (C=O) groups excluding carboxylic acids is 1. The molecule has 0 fully saturated rings. The van der Waals surface area contributed by atoms with Crippen molar-refractivity contribution in [1.82, 2.24) is 4.98 Å². The van der Waals surface area contributed by atoms with Crippen molar-refractivity contribution < 1.29 is 4.79 Å². The summed E-state index contributed by atoms with van der Waals surface area (Å²) in [5.41, 5.74) is 0.654. The summed E-state index contributed by atoms with van der Waals surface area (Å²) < 4.78 is 0. The second-order valence-electron chi connectivity index (χ2n) is 2.01. The van der Waals surface area contributed by atoms with Gasteiger partial charge in [0.15, 0.2) is 0 Å². The quantitative estimate of drug-likeness (QED) is 0.373. The maximum absolute atomic E-state index is 9.93. The molecule has 0 bridgehead atoms. The maximum atomic E-state index is 9.93. The molecule has 1 aromatic rings. The molecule has 0 saturated heterocycles. The minimum Gasteiger partial charge on any atom is -0.302 e. The molecule has 1 aromatic heterocycles. The largest absolute Gasteiger partial charge is 0.302 e. The highest BCUT2D eigenvalue weighted by Gasteiger charge is 1.93.